The van der Waals surface area contributed by atoms with E-state index < -0.39 is 15.8 Å². The van der Waals surface area contributed by atoms with Crippen LogP contribution in [-0.4, -0.2) is 31.7 Å². The van der Waals surface area contributed by atoms with Crippen LogP contribution in [0, 0.1) is 11.7 Å². The van der Waals surface area contributed by atoms with Crippen LogP contribution in [0.2, 0.25) is 5.02 Å². The first-order chi connectivity index (χ1) is 12.4. The number of nitrogens with one attached hydrogen (secondary N) is 1. The highest BCUT2D eigenvalue weighted by atomic mass is 35.5. The van der Waals surface area contributed by atoms with Crippen LogP contribution >= 0.6 is 11.6 Å². The van der Waals surface area contributed by atoms with Crippen LogP contribution in [0.5, 0.6) is 0 Å². The van der Waals surface area contributed by atoms with E-state index in [1.54, 1.807) is 30.3 Å². The molecule has 0 saturated carbocycles. The summed E-state index contributed by atoms with van der Waals surface area (Å²) in [5.74, 6) is -1.27. The maximum atomic E-state index is 13.7. The quantitative estimate of drug-likeness (QED) is 0.859. The van der Waals surface area contributed by atoms with Crippen LogP contribution in [0.15, 0.2) is 53.4 Å². The lowest BCUT2D eigenvalue weighted by atomic mass is 9.97. The third-order valence-corrected chi connectivity index (χ3v) is 6.54. The van der Waals surface area contributed by atoms with Crippen molar-refractivity contribution >= 4 is 33.2 Å². The van der Waals surface area contributed by atoms with Gasteiger partial charge in [0.05, 0.1) is 10.6 Å². The van der Waals surface area contributed by atoms with Crippen molar-refractivity contribution in [1.29, 1.82) is 0 Å². The van der Waals surface area contributed by atoms with Crippen LogP contribution in [0.1, 0.15) is 12.8 Å². The number of hydrogen-bond acceptors (Lipinski definition) is 3. The molecule has 0 spiro atoms. The highest BCUT2D eigenvalue weighted by molar-refractivity contribution is 7.89. The number of carbonyl (C=O) groups is 1. The van der Waals surface area contributed by atoms with Crippen molar-refractivity contribution in [2.24, 2.45) is 5.92 Å². The molecule has 0 unspecified atom stereocenters. The van der Waals surface area contributed by atoms with Gasteiger partial charge in [0.25, 0.3) is 0 Å². The predicted octanol–water partition coefficient (Wildman–Crippen LogP) is 3.52. The van der Waals surface area contributed by atoms with Gasteiger partial charge in [-0.05, 0) is 43.2 Å². The molecule has 3 rings (SSSR count). The van der Waals surface area contributed by atoms with Crippen molar-refractivity contribution in [1.82, 2.24) is 4.31 Å². The van der Waals surface area contributed by atoms with Gasteiger partial charge in [-0.1, -0.05) is 29.8 Å². The standard InChI is InChI=1S/C18H18ClFN2O3S/c19-14-6-7-16(20)17(12-14)21-18(23)13-8-10-22(11-9-13)26(24,25)15-4-2-1-3-5-15/h1-7,12-13H,8-11H2,(H,21,23). The van der Waals surface area contributed by atoms with E-state index >= 15 is 0 Å². The molecule has 8 heteroatoms. The number of nitrogens with zero attached hydrogens (tertiary/aromatic N) is 1. The summed E-state index contributed by atoms with van der Waals surface area (Å²) in [5, 5.41) is 2.86. The summed E-state index contributed by atoms with van der Waals surface area (Å²) in [6, 6.07) is 12.1. The molecule has 1 aliphatic rings. The molecule has 26 heavy (non-hydrogen) atoms. The predicted molar refractivity (Wildman–Crippen MR) is 98.0 cm³/mol. The molecule has 2 aromatic rings. The van der Waals surface area contributed by atoms with Gasteiger partial charge >= 0.3 is 0 Å². The van der Waals surface area contributed by atoms with E-state index in [9.17, 15) is 17.6 Å². The number of carbonyl (C=O) groups excluding carboxylic acids is 1. The molecule has 138 valence electrons. The maximum absolute atomic E-state index is 13.7. The largest absolute Gasteiger partial charge is 0.323 e. The molecular weight excluding hydrogens is 379 g/mol. The molecule has 0 aromatic heterocycles. The number of hydrogen-bond donors (Lipinski definition) is 1. The highest BCUT2D eigenvalue weighted by Crippen LogP contribution is 2.26. The fourth-order valence-corrected chi connectivity index (χ4v) is 4.59. The molecule has 0 bridgehead atoms. The fraction of sp³-hybridized carbons (Fsp3) is 0.278. The third-order valence-electron chi connectivity index (χ3n) is 4.39. The average Bonchev–Trinajstić information content (AvgIpc) is 2.65. The van der Waals surface area contributed by atoms with E-state index in [2.05, 4.69) is 5.32 Å². The Balaban J connectivity index is 1.63. The summed E-state index contributed by atoms with van der Waals surface area (Å²) >= 11 is 5.82. The number of sulfonamides is 1. The summed E-state index contributed by atoms with van der Waals surface area (Å²) in [5.41, 5.74) is 0.0295. The summed E-state index contributed by atoms with van der Waals surface area (Å²) in [6.07, 6.45) is 0.750. The molecular formula is C18H18ClFN2O3S. The zero-order chi connectivity index (χ0) is 18.7. The van der Waals surface area contributed by atoms with Crippen LogP contribution in [0.3, 0.4) is 0 Å². The Kier molecular flexibility index (Phi) is 5.60. The van der Waals surface area contributed by atoms with E-state index in [4.69, 9.17) is 11.6 Å². The number of piperidine rings is 1. The first-order valence-electron chi connectivity index (χ1n) is 8.19. The lowest BCUT2D eigenvalue weighted by Crippen LogP contribution is -2.41. The number of halogens is 2. The molecule has 1 heterocycles. The van der Waals surface area contributed by atoms with Gasteiger partial charge in [0.1, 0.15) is 5.82 Å². The molecule has 0 radical (unpaired) electrons. The van der Waals surface area contributed by atoms with Crippen molar-refractivity contribution < 1.29 is 17.6 Å². The monoisotopic (exact) mass is 396 g/mol. The Hall–Kier alpha value is -1.96. The number of amides is 1. The van der Waals surface area contributed by atoms with Crippen molar-refractivity contribution in [3.8, 4) is 0 Å². The molecule has 1 amide bonds. The minimum absolute atomic E-state index is 0.0295. The highest BCUT2D eigenvalue weighted by Gasteiger charge is 2.32. The minimum Gasteiger partial charge on any atom is -0.323 e. The van der Waals surface area contributed by atoms with E-state index in [-0.39, 0.29) is 35.5 Å². The van der Waals surface area contributed by atoms with E-state index in [0.29, 0.717) is 17.9 Å². The lowest BCUT2D eigenvalue weighted by Gasteiger charge is -2.30. The maximum Gasteiger partial charge on any atom is 0.243 e. The fourth-order valence-electron chi connectivity index (χ4n) is 2.93. The van der Waals surface area contributed by atoms with Crippen molar-refractivity contribution in [2.75, 3.05) is 18.4 Å². The van der Waals surface area contributed by atoms with Gasteiger partial charge in [-0.15, -0.1) is 0 Å². The average molecular weight is 397 g/mol. The van der Waals surface area contributed by atoms with Gasteiger partial charge in [0.15, 0.2) is 0 Å². The smallest absolute Gasteiger partial charge is 0.243 e. The Morgan fingerprint density at radius 3 is 2.42 bits per heavy atom. The minimum atomic E-state index is -3.56. The van der Waals surface area contributed by atoms with E-state index in [1.807, 2.05) is 0 Å². The van der Waals surface area contributed by atoms with Crippen LogP contribution in [0.25, 0.3) is 0 Å². The van der Waals surface area contributed by atoms with Gasteiger partial charge in [-0.2, -0.15) is 4.31 Å². The number of rotatable bonds is 4. The molecule has 1 N–H and O–H groups in total. The van der Waals surface area contributed by atoms with Crippen LogP contribution in [-0.2, 0) is 14.8 Å². The lowest BCUT2D eigenvalue weighted by molar-refractivity contribution is -0.120. The normalized spacial score (nSPS) is 16.4. The second-order valence-corrected chi connectivity index (χ2v) is 8.48. The molecule has 0 aliphatic carbocycles. The van der Waals surface area contributed by atoms with Crippen LogP contribution in [0.4, 0.5) is 10.1 Å². The summed E-state index contributed by atoms with van der Waals surface area (Å²) in [7, 11) is -3.56. The van der Waals surface area contributed by atoms with Gasteiger partial charge in [0, 0.05) is 24.0 Å². The summed E-state index contributed by atoms with van der Waals surface area (Å²) in [6.45, 7) is 0.487. The Morgan fingerprint density at radius 1 is 1.12 bits per heavy atom. The van der Waals surface area contributed by atoms with Gasteiger partial charge < -0.3 is 5.32 Å². The molecule has 5 nitrogen and oxygen atoms in total. The number of benzene rings is 2. The zero-order valence-corrected chi connectivity index (χ0v) is 15.4. The third kappa shape index (κ3) is 4.06. The van der Waals surface area contributed by atoms with Crippen LogP contribution < -0.4 is 5.32 Å². The Bertz CT molecular complexity index is 898. The summed E-state index contributed by atoms with van der Waals surface area (Å²) < 4.78 is 40.3. The first kappa shape index (κ1) is 18.8. The molecule has 0 atom stereocenters. The Labute approximate surface area is 156 Å². The van der Waals surface area contributed by atoms with Gasteiger partial charge in [-0.25, -0.2) is 12.8 Å². The first-order valence-corrected chi connectivity index (χ1v) is 10.0. The topological polar surface area (TPSA) is 66.5 Å². The van der Waals surface area contributed by atoms with Gasteiger partial charge in [0.2, 0.25) is 15.9 Å². The second-order valence-electron chi connectivity index (χ2n) is 6.10. The number of anilines is 1. The van der Waals surface area contributed by atoms with Crippen molar-refractivity contribution in [2.45, 2.75) is 17.7 Å². The molecule has 1 saturated heterocycles. The molecule has 2 aromatic carbocycles. The second kappa shape index (κ2) is 7.73. The summed E-state index contributed by atoms with van der Waals surface area (Å²) in [4.78, 5) is 12.6. The van der Waals surface area contributed by atoms with Crippen molar-refractivity contribution in [3.63, 3.8) is 0 Å². The molecule has 1 fully saturated rings. The molecule has 1 aliphatic heterocycles. The van der Waals surface area contributed by atoms with E-state index in [1.165, 1.54) is 22.5 Å². The van der Waals surface area contributed by atoms with Crippen molar-refractivity contribution in [3.05, 3.63) is 59.4 Å². The Morgan fingerprint density at radius 2 is 1.77 bits per heavy atom. The van der Waals surface area contributed by atoms with Gasteiger partial charge in [-0.3, -0.25) is 4.79 Å². The van der Waals surface area contributed by atoms with E-state index in [0.717, 1.165) is 0 Å². The SMILES string of the molecule is O=C(Nc1cc(Cl)ccc1F)C1CCN(S(=O)(=O)c2ccccc2)CC1. The zero-order valence-electron chi connectivity index (χ0n) is 13.9.